The van der Waals surface area contributed by atoms with E-state index >= 15 is 0 Å². The molecule has 1 aliphatic rings. The molecule has 2 aromatic carbocycles. The van der Waals surface area contributed by atoms with E-state index in [0.29, 0.717) is 36.3 Å². The number of ether oxygens (including phenoxy) is 2. The molecule has 8 heteroatoms. The van der Waals surface area contributed by atoms with Crippen LogP contribution >= 0.6 is 0 Å². The highest BCUT2D eigenvalue weighted by Crippen LogP contribution is 2.39. The number of benzene rings is 2. The van der Waals surface area contributed by atoms with Crippen molar-refractivity contribution in [3.63, 3.8) is 0 Å². The van der Waals surface area contributed by atoms with Crippen LogP contribution in [-0.4, -0.2) is 41.5 Å². The second kappa shape index (κ2) is 9.32. The van der Waals surface area contributed by atoms with E-state index in [1.807, 2.05) is 6.07 Å². The molecule has 3 aromatic rings. The summed E-state index contributed by atoms with van der Waals surface area (Å²) < 4.78 is 39.2. The zero-order valence-electron chi connectivity index (χ0n) is 17.6. The van der Waals surface area contributed by atoms with Crippen LogP contribution < -0.4 is 4.74 Å². The first-order valence-electron chi connectivity index (χ1n) is 10.2. The van der Waals surface area contributed by atoms with Gasteiger partial charge in [0.25, 0.3) is 0 Å². The molecule has 1 fully saturated rings. The van der Waals surface area contributed by atoms with Crippen molar-refractivity contribution in [3.05, 3.63) is 72.2 Å². The molecule has 1 saturated heterocycles. The van der Waals surface area contributed by atoms with Crippen LogP contribution in [0.4, 0.5) is 8.78 Å². The number of nitrogens with one attached hydrogen (secondary N) is 1. The monoisotopic (exact) mass is 439 g/mol. The van der Waals surface area contributed by atoms with Crippen LogP contribution in [0.15, 0.2) is 49.2 Å². The highest BCUT2D eigenvalue weighted by atomic mass is 19.1. The van der Waals surface area contributed by atoms with Crippen LogP contribution in [0.1, 0.15) is 30.1 Å². The second-order valence-electron chi connectivity index (χ2n) is 7.58. The molecule has 32 heavy (non-hydrogen) atoms. The number of carbonyl (C=O) groups is 1. The Labute approximate surface area is 184 Å². The molecule has 1 amide bonds. The van der Waals surface area contributed by atoms with E-state index in [-0.39, 0.29) is 17.4 Å². The van der Waals surface area contributed by atoms with Gasteiger partial charge in [-0.05, 0) is 37.1 Å². The number of fused-ring (bicyclic) bond motifs is 1. The number of nitrogens with zero attached hydrogens (tertiary/aromatic N) is 2. The van der Waals surface area contributed by atoms with E-state index in [1.54, 1.807) is 25.4 Å². The molecule has 1 aliphatic heterocycles. The third kappa shape index (κ3) is 4.40. The molecular formula is C24H23F2N3O3. The van der Waals surface area contributed by atoms with Gasteiger partial charge in [-0.3, -0.25) is 4.79 Å². The zero-order chi connectivity index (χ0) is 22.7. The first-order chi connectivity index (χ1) is 15.5. The summed E-state index contributed by atoms with van der Waals surface area (Å²) in [7, 11) is 1.59. The van der Waals surface area contributed by atoms with Gasteiger partial charge in [-0.25, -0.2) is 13.8 Å². The van der Waals surface area contributed by atoms with Crippen molar-refractivity contribution in [2.24, 2.45) is 0 Å². The fraction of sp³-hybridized carbons (Fsp3) is 0.250. The van der Waals surface area contributed by atoms with Crippen molar-refractivity contribution < 1.29 is 23.0 Å². The quantitative estimate of drug-likeness (QED) is 0.409. The lowest BCUT2D eigenvalue weighted by molar-refractivity contribution is -0.114. The third-order valence-electron chi connectivity index (χ3n) is 5.38. The Morgan fingerprint density at radius 1 is 1.28 bits per heavy atom. The van der Waals surface area contributed by atoms with E-state index in [2.05, 4.69) is 11.6 Å². The summed E-state index contributed by atoms with van der Waals surface area (Å²) in [5.41, 5.74) is 2.37. The molecule has 1 N–H and O–H groups in total. The van der Waals surface area contributed by atoms with Gasteiger partial charge in [0.1, 0.15) is 17.2 Å². The number of imidazole rings is 1. The van der Waals surface area contributed by atoms with Crippen LogP contribution in [-0.2, 0) is 9.53 Å². The van der Waals surface area contributed by atoms with Gasteiger partial charge in [0.05, 0.1) is 5.52 Å². The van der Waals surface area contributed by atoms with Crippen LogP contribution in [0.2, 0.25) is 0 Å². The summed E-state index contributed by atoms with van der Waals surface area (Å²) in [6.45, 7) is 5.16. The summed E-state index contributed by atoms with van der Waals surface area (Å²) in [4.78, 5) is 20.6. The molecule has 0 bridgehead atoms. The van der Waals surface area contributed by atoms with Gasteiger partial charge < -0.3 is 19.4 Å². The maximum atomic E-state index is 14.4. The predicted octanol–water partition coefficient (Wildman–Crippen LogP) is 5.14. The number of H-pyrrole nitrogens is 1. The Bertz CT molecular complexity index is 1180. The van der Waals surface area contributed by atoms with Crippen LogP contribution in [0.3, 0.4) is 0 Å². The maximum absolute atomic E-state index is 14.4. The number of hydrogen-bond donors (Lipinski definition) is 1. The van der Waals surface area contributed by atoms with Gasteiger partial charge in [-0.1, -0.05) is 12.7 Å². The minimum atomic E-state index is -0.831. The first-order valence-corrected chi connectivity index (χ1v) is 10.2. The molecule has 6 nitrogen and oxygen atoms in total. The summed E-state index contributed by atoms with van der Waals surface area (Å²) in [6, 6.07) is 6.76. The molecule has 2 heterocycles. The topological polar surface area (TPSA) is 67.5 Å². The number of aromatic amines is 1. The maximum Gasteiger partial charge on any atom is 0.213 e. The number of halogens is 2. The smallest absolute Gasteiger partial charge is 0.213 e. The molecule has 0 aliphatic carbocycles. The van der Waals surface area contributed by atoms with Crippen LogP contribution in [0, 0.1) is 11.6 Å². The number of amides is 1. The summed E-state index contributed by atoms with van der Waals surface area (Å²) in [5.74, 6) is -0.364. The van der Waals surface area contributed by atoms with Gasteiger partial charge in [-0.15, -0.1) is 0 Å². The summed E-state index contributed by atoms with van der Waals surface area (Å²) in [6.07, 6.45) is 5.50. The molecule has 0 saturated carbocycles. The fourth-order valence-electron chi connectivity index (χ4n) is 3.71. The van der Waals surface area contributed by atoms with Crippen molar-refractivity contribution in [2.45, 2.75) is 18.8 Å². The van der Waals surface area contributed by atoms with Gasteiger partial charge in [0, 0.05) is 49.6 Å². The second-order valence-corrected chi connectivity index (χ2v) is 7.58. The minimum Gasteiger partial charge on any atom is -0.451 e. The number of allylic oxidation sites excluding steroid dienone is 2. The van der Waals surface area contributed by atoms with Crippen molar-refractivity contribution in [3.8, 4) is 11.5 Å². The van der Waals surface area contributed by atoms with Crippen molar-refractivity contribution >= 4 is 23.0 Å². The molecule has 0 spiro atoms. The molecule has 0 atom stereocenters. The van der Waals surface area contributed by atoms with E-state index < -0.39 is 11.6 Å². The average molecular weight is 439 g/mol. The largest absolute Gasteiger partial charge is 0.451 e. The normalized spacial score (nSPS) is 15.0. The number of carbonyl (C=O) groups excluding carboxylic acids is 1. The van der Waals surface area contributed by atoms with Gasteiger partial charge in [0.15, 0.2) is 17.3 Å². The Balaban J connectivity index is 1.87. The molecule has 1 aromatic heterocycles. The lowest BCUT2D eigenvalue weighted by atomic mass is 10.00. The highest BCUT2D eigenvalue weighted by Gasteiger charge is 2.23. The van der Waals surface area contributed by atoms with E-state index in [4.69, 9.17) is 14.5 Å². The Morgan fingerprint density at radius 3 is 2.75 bits per heavy atom. The van der Waals surface area contributed by atoms with Gasteiger partial charge >= 0.3 is 0 Å². The number of aromatic nitrogens is 2. The number of rotatable bonds is 7. The van der Waals surface area contributed by atoms with Crippen molar-refractivity contribution in [1.82, 2.24) is 14.9 Å². The first kappa shape index (κ1) is 21.7. The minimum absolute atomic E-state index is 0.136. The Kier molecular flexibility index (Phi) is 6.32. The fourth-order valence-corrected chi connectivity index (χ4v) is 3.71. The third-order valence-corrected chi connectivity index (χ3v) is 5.38. The summed E-state index contributed by atoms with van der Waals surface area (Å²) >= 11 is 0. The van der Waals surface area contributed by atoms with Crippen molar-refractivity contribution in [2.75, 3.05) is 20.3 Å². The molecule has 0 unspecified atom stereocenters. The molecule has 166 valence electrons. The predicted molar refractivity (Wildman–Crippen MR) is 117 cm³/mol. The lowest BCUT2D eigenvalue weighted by Crippen LogP contribution is -2.15. The standard InChI is InChI=1S/C24H23F2N3O3/c1-3-15(13-29(2)14-30)18-5-6-20-22(28-24(27-20)16-8-10-31-11-9-16)23(18)32-21-7-4-17(25)12-19(21)26/h3-7,12-14,16H,1,8-11H2,2H3,(H,27,28)/b15-13+. The Morgan fingerprint density at radius 2 is 2.06 bits per heavy atom. The van der Waals surface area contributed by atoms with Gasteiger partial charge in [0.2, 0.25) is 6.41 Å². The van der Waals surface area contributed by atoms with Crippen LogP contribution in [0.5, 0.6) is 11.5 Å². The SMILES string of the molecule is C=C/C(=C\N(C)C=O)c1ccc2[nH]c(C3CCOCC3)nc2c1Oc1ccc(F)cc1F. The highest BCUT2D eigenvalue weighted by molar-refractivity contribution is 5.91. The molecular weight excluding hydrogens is 416 g/mol. The van der Waals surface area contributed by atoms with Crippen LogP contribution in [0.25, 0.3) is 16.6 Å². The molecule has 0 radical (unpaired) electrons. The van der Waals surface area contributed by atoms with Crippen molar-refractivity contribution in [1.29, 1.82) is 0 Å². The summed E-state index contributed by atoms with van der Waals surface area (Å²) in [5, 5.41) is 0. The zero-order valence-corrected chi connectivity index (χ0v) is 17.6. The van der Waals surface area contributed by atoms with E-state index in [0.717, 1.165) is 36.3 Å². The van der Waals surface area contributed by atoms with E-state index in [9.17, 15) is 13.6 Å². The number of hydrogen-bond acceptors (Lipinski definition) is 4. The molecule has 4 rings (SSSR count). The average Bonchev–Trinajstić information content (AvgIpc) is 3.25. The lowest BCUT2D eigenvalue weighted by Gasteiger charge is -2.19. The van der Waals surface area contributed by atoms with Gasteiger partial charge in [-0.2, -0.15) is 0 Å². The Hall–Kier alpha value is -3.52. The van der Waals surface area contributed by atoms with E-state index in [1.165, 1.54) is 11.0 Å².